The number of piperidine rings is 1. The van der Waals surface area contributed by atoms with Gasteiger partial charge in [-0.25, -0.2) is 4.98 Å². The van der Waals surface area contributed by atoms with Crippen LogP contribution in [0.4, 0.5) is 0 Å². The first-order valence-electron chi connectivity index (χ1n) is 7.18. The maximum absolute atomic E-state index is 12.4. The molecule has 23 heavy (non-hydrogen) atoms. The van der Waals surface area contributed by atoms with Gasteiger partial charge in [-0.05, 0) is 37.9 Å². The first-order chi connectivity index (χ1) is 10.1. The average molecular weight is 378 g/mol. The SMILES string of the molecule is Cc1sc(-c2ccco2)nc1C(=O)NC1CNCCC1C.Cl.Cl. The molecule has 2 aromatic rings. The number of hydrogen-bond acceptors (Lipinski definition) is 5. The second-order valence-electron chi connectivity index (χ2n) is 5.45. The van der Waals surface area contributed by atoms with Gasteiger partial charge in [0.05, 0.1) is 6.26 Å². The molecule has 1 amide bonds. The predicted octanol–water partition coefficient (Wildman–Crippen LogP) is 3.28. The molecule has 2 N–H and O–H groups in total. The Kier molecular flexibility index (Phi) is 7.54. The number of carbonyl (C=O) groups excluding carboxylic acids is 1. The van der Waals surface area contributed by atoms with Crippen LogP contribution in [0.25, 0.3) is 10.8 Å². The number of rotatable bonds is 3. The molecule has 128 valence electrons. The smallest absolute Gasteiger partial charge is 0.271 e. The Morgan fingerprint density at radius 2 is 2.26 bits per heavy atom. The molecule has 8 heteroatoms. The fourth-order valence-electron chi connectivity index (χ4n) is 2.53. The highest BCUT2D eigenvalue weighted by atomic mass is 35.5. The molecule has 0 bridgehead atoms. The second kappa shape index (κ2) is 8.68. The van der Waals surface area contributed by atoms with Gasteiger partial charge in [0.25, 0.3) is 5.91 Å². The van der Waals surface area contributed by atoms with Gasteiger partial charge in [0, 0.05) is 17.5 Å². The highest BCUT2D eigenvalue weighted by molar-refractivity contribution is 7.15. The molecular formula is C15H21Cl2N3O2S. The number of nitrogens with zero attached hydrogens (tertiary/aromatic N) is 1. The third-order valence-corrected chi connectivity index (χ3v) is 4.87. The van der Waals surface area contributed by atoms with Gasteiger partial charge in [0.15, 0.2) is 10.8 Å². The van der Waals surface area contributed by atoms with Crippen LogP contribution in [0.15, 0.2) is 22.8 Å². The number of aryl methyl sites for hydroxylation is 1. The summed E-state index contributed by atoms with van der Waals surface area (Å²) in [7, 11) is 0. The Hall–Kier alpha value is -1.08. The minimum atomic E-state index is -0.0953. The summed E-state index contributed by atoms with van der Waals surface area (Å²) in [5.74, 6) is 1.09. The van der Waals surface area contributed by atoms with Crippen LogP contribution < -0.4 is 10.6 Å². The minimum Gasteiger partial charge on any atom is -0.462 e. The van der Waals surface area contributed by atoms with Crippen molar-refractivity contribution in [1.29, 1.82) is 0 Å². The van der Waals surface area contributed by atoms with Gasteiger partial charge >= 0.3 is 0 Å². The van der Waals surface area contributed by atoms with Crippen molar-refractivity contribution in [3.8, 4) is 10.8 Å². The standard InChI is InChI=1S/C15H19N3O2S.2ClH/c1-9-5-6-16-8-11(9)17-14(19)13-10(2)21-15(18-13)12-4-3-7-20-12;;/h3-4,7,9,11,16H,5-6,8H2,1-2H3,(H,17,19);2*1H. The summed E-state index contributed by atoms with van der Waals surface area (Å²) in [4.78, 5) is 17.8. The number of amides is 1. The van der Waals surface area contributed by atoms with Crippen molar-refractivity contribution in [2.24, 2.45) is 5.92 Å². The van der Waals surface area contributed by atoms with Gasteiger partial charge in [-0.2, -0.15) is 0 Å². The van der Waals surface area contributed by atoms with Crippen LogP contribution in [0.5, 0.6) is 0 Å². The zero-order valence-corrected chi connectivity index (χ0v) is 15.4. The second-order valence-corrected chi connectivity index (χ2v) is 6.65. The molecule has 0 spiro atoms. The van der Waals surface area contributed by atoms with Gasteiger partial charge < -0.3 is 15.1 Å². The topological polar surface area (TPSA) is 67.2 Å². The lowest BCUT2D eigenvalue weighted by Gasteiger charge is -2.30. The Morgan fingerprint density at radius 1 is 1.48 bits per heavy atom. The van der Waals surface area contributed by atoms with E-state index in [1.165, 1.54) is 11.3 Å². The van der Waals surface area contributed by atoms with E-state index < -0.39 is 0 Å². The largest absolute Gasteiger partial charge is 0.462 e. The molecule has 5 nitrogen and oxygen atoms in total. The first-order valence-corrected chi connectivity index (χ1v) is 7.99. The highest BCUT2D eigenvalue weighted by Crippen LogP contribution is 2.28. The molecule has 2 unspecified atom stereocenters. The number of carbonyl (C=O) groups is 1. The molecule has 0 aliphatic carbocycles. The van der Waals surface area contributed by atoms with Crippen LogP contribution in [-0.4, -0.2) is 30.0 Å². The van der Waals surface area contributed by atoms with E-state index in [1.807, 2.05) is 19.1 Å². The van der Waals surface area contributed by atoms with Crippen molar-refractivity contribution >= 4 is 42.1 Å². The molecular weight excluding hydrogens is 357 g/mol. The molecule has 0 saturated carbocycles. The first kappa shape index (κ1) is 20.0. The summed E-state index contributed by atoms with van der Waals surface area (Å²) < 4.78 is 5.34. The summed E-state index contributed by atoms with van der Waals surface area (Å²) in [6.07, 6.45) is 2.69. The van der Waals surface area contributed by atoms with Crippen molar-refractivity contribution in [2.75, 3.05) is 13.1 Å². The third kappa shape index (κ3) is 4.47. The van der Waals surface area contributed by atoms with Crippen molar-refractivity contribution in [2.45, 2.75) is 26.3 Å². The van der Waals surface area contributed by atoms with Crippen molar-refractivity contribution in [3.05, 3.63) is 29.0 Å². The predicted molar refractivity (Wildman–Crippen MR) is 97.0 cm³/mol. The summed E-state index contributed by atoms with van der Waals surface area (Å²) >= 11 is 1.48. The molecule has 1 aliphatic rings. The zero-order valence-electron chi connectivity index (χ0n) is 13.0. The van der Waals surface area contributed by atoms with E-state index in [0.717, 1.165) is 29.4 Å². The van der Waals surface area contributed by atoms with Crippen LogP contribution in [-0.2, 0) is 0 Å². The molecule has 0 radical (unpaired) electrons. The lowest BCUT2D eigenvalue weighted by Crippen LogP contribution is -2.50. The van der Waals surface area contributed by atoms with Crippen LogP contribution in [0, 0.1) is 12.8 Å². The van der Waals surface area contributed by atoms with E-state index in [0.29, 0.717) is 17.4 Å². The lowest BCUT2D eigenvalue weighted by atomic mass is 9.95. The minimum absolute atomic E-state index is 0. The van der Waals surface area contributed by atoms with Crippen molar-refractivity contribution in [1.82, 2.24) is 15.6 Å². The van der Waals surface area contributed by atoms with Crippen LogP contribution in [0.1, 0.15) is 28.7 Å². The Morgan fingerprint density at radius 3 is 2.91 bits per heavy atom. The molecule has 1 saturated heterocycles. The lowest BCUT2D eigenvalue weighted by molar-refractivity contribution is 0.0910. The average Bonchev–Trinajstić information content (AvgIpc) is 3.10. The van der Waals surface area contributed by atoms with Crippen LogP contribution in [0.3, 0.4) is 0 Å². The van der Waals surface area contributed by atoms with Gasteiger partial charge in [0.1, 0.15) is 5.69 Å². The van der Waals surface area contributed by atoms with E-state index in [9.17, 15) is 4.79 Å². The maximum Gasteiger partial charge on any atom is 0.271 e. The molecule has 0 aromatic carbocycles. The monoisotopic (exact) mass is 377 g/mol. The fraction of sp³-hybridized carbons (Fsp3) is 0.467. The molecule has 2 aromatic heterocycles. The van der Waals surface area contributed by atoms with E-state index in [1.54, 1.807) is 6.26 Å². The fourth-order valence-corrected chi connectivity index (χ4v) is 3.41. The van der Waals surface area contributed by atoms with E-state index in [2.05, 4.69) is 22.5 Å². The molecule has 3 heterocycles. The number of thiazole rings is 1. The molecule has 1 fully saturated rings. The maximum atomic E-state index is 12.4. The summed E-state index contributed by atoms with van der Waals surface area (Å²) in [6, 6.07) is 3.84. The Bertz CT molecular complexity index is 631. The number of aromatic nitrogens is 1. The van der Waals surface area contributed by atoms with E-state index >= 15 is 0 Å². The number of halogens is 2. The molecule has 1 aliphatic heterocycles. The van der Waals surface area contributed by atoms with Gasteiger partial charge in [-0.15, -0.1) is 36.2 Å². The quantitative estimate of drug-likeness (QED) is 0.860. The normalized spacial score (nSPS) is 20.3. The number of nitrogens with one attached hydrogen (secondary N) is 2. The summed E-state index contributed by atoms with van der Waals surface area (Å²) in [6.45, 7) is 5.93. The van der Waals surface area contributed by atoms with Crippen LogP contribution in [0.2, 0.25) is 0 Å². The van der Waals surface area contributed by atoms with E-state index in [4.69, 9.17) is 4.42 Å². The van der Waals surface area contributed by atoms with Crippen molar-refractivity contribution < 1.29 is 9.21 Å². The highest BCUT2D eigenvalue weighted by Gasteiger charge is 2.25. The van der Waals surface area contributed by atoms with Gasteiger partial charge in [-0.3, -0.25) is 4.79 Å². The van der Waals surface area contributed by atoms with Gasteiger partial charge in [0.2, 0.25) is 0 Å². The Balaban J connectivity index is 0.00000132. The zero-order chi connectivity index (χ0) is 14.8. The number of furan rings is 1. The van der Waals surface area contributed by atoms with Crippen LogP contribution >= 0.6 is 36.2 Å². The Labute approximate surface area is 152 Å². The van der Waals surface area contributed by atoms with Crippen molar-refractivity contribution in [3.63, 3.8) is 0 Å². The molecule has 3 rings (SSSR count). The summed E-state index contributed by atoms with van der Waals surface area (Å²) in [5, 5.41) is 7.16. The summed E-state index contributed by atoms with van der Waals surface area (Å²) in [5.41, 5.74) is 0.504. The third-order valence-electron chi connectivity index (χ3n) is 3.89. The molecule has 2 atom stereocenters. The number of hydrogen-bond donors (Lipinski definition) is 2. The van der Waals surface area contributed by atoms with E-state index in [-0.39, 0.29) is 36.8 Å². The van der Waals surface area contributed by atoms with Gasteiger partial charge in [-0.1, -0.05) is 6.92 Å².